The Hall–Kier alpha value is -0.540. The van der Waals surface area contributed by atoms with Crippen molar-refractivity contribution in [3.05, 3.63) is 17.5 Å². The van der Waals surface area contributed by atoms with Crippen molar-refractivity contribution in [2.24, 2.45) is 5.92 Å². The van der Waals surface area contributed by atoms with Gasteiger partial charge in [0.05, 0.1) is 11.4 Å². The average molecular weight is 284 g/mol. The lowest BCUT2D eigenvalue weighted by molar-refractivity contribution is 0.206. The highest BCUT2D eigenvalue weighted by Crippen LogP contribution is 2.33. The van der Waals surface area contributed by atoms with Gasteiger partial charge in [0.1, 0.15) is 0 Å². The van der Waals surface area contributed by atoms with Crippen molar-refractivity contribution in [2.45, 2.75) is 65.1 Å². The first kappa shape index (κ1) is 14.9. The van der Waals surface area contributed by atoms with E-state index in [1.165, 1.54) is 31.4 Å². The summed E-state index contributed by atoms with van der Waals surface area (Å²) in [6.45, 7) is 8.32. The average Bonchev–Trinajstić information content (AvgIpc) is 2.77. The number of hydrogen-bond acceptors (Lipinski definition) is 2. The fourth-order valence-corrected chi connectivity index (χ4v) is 3.62. The zero-order chi connectivity index (χ0) is 13.9. The van der Waals surface area contributed by atoms with Crippen LogP contribution in [0.2, 0.25) is 0 Å². The van der Waals surface area contributed by atoms with Crippen LogP contribution >= 0.6 is 11.6 Å². The maximum Gasteiger partial charge on any atom is 0.0597 e. The van der Waals surface area contributed by atoms with Crippen LogP contribution in [0.1, 0.15) is 50.9 Å². The van der Waals surface area contributed by atoms with Gasteiger partial charge in [-0.3, -0.25) is 4.68 Å². The van der Waals surface area contributed by atoms with Crippen molar-refractivity contribution < 1.29 is 0 Å². The van der Waals surface area contributed by atoms with Gasteiger partial charge in [0.25, 0.3) is 0 Å². The molecule has 0 spiro atoms. The summed E-state index contributed by atoms with van der Waals surface area (Å²) < 4.78 is 2.08. The van der Waals surface area contributed by atoms with Crippen molar-refractivity contribution in [1.29, 1.82) is 0 Å². The van der Waals surface area contributed by atoms with Crippen LogP contribution in [0.4, 0.5) is 0 Å². The van der Waals surface area contributed by atoms with E-state index in [1.54, 1.807) is 0 Å². The Bertz CT molecular complexity index is 416. The van der Waals surface area contributed by atoms with E-state index in [-0.39, 0.29) is 5.54 Å². The third-order valence-electron chi connectivity index (χ3n) is 4.28. The SMILES string of the molecule is CCn1nc(C)cc1CNC1(CCl)CCCC(C)C1. The molecule has 1 N–H and O–H groups in total. The first-order valence-corrected chi connectivity index (χ1v) is 7.96. The zero-order valence-electron chi connectivity index (χ0n) is 12.4. The molecule has 1 aliphatic rings. The Labute approximate surface area is 121 Å². The molecule has 1 aliphatic carbocycles. The predicted octanol–water partition coefficient (Wildman–Crippen LogP) is 3.49. The molecule has 1 heterocycles. The van der Waals surface area contributed by atoms with Crippen LogP contribution in [0.25, 0.3) is 0 Å². The minimum Gasteiger partial charge on any atom is -0.304 e. The second-order valence-corrected chi connectivity index (χ2v) is 6.33. The minimum absolute atomic E-state index is 0.121. The van der Waals surface area contributed by atoms with Crippen molar-refractivity contribution in [1.82, 2.24) is 15.1 Å². The van der Waals surface area contributed by atoms with E-state index in [4.69, 9.17) is 11.6 Å². The normalized spacial score (nSPS) is 27.7. The molecule has 108 valence electrons. The Balaban J connectivity index is 2.02. The molecule has 0 bridgehead atoms. The van der Waals surface area contributed by atoms with E-state index in [2.05, 4.69) is 41.9 Å². The van der Waals surface area contributed by atoms with Gasteiger partial charge in [-0.15, -0.1) is 11.6 Å². The molecule has 2 rings (SSSR count). The molecule has 0 radical (unpaired) electrons. The van der Waals surface area contributed by atoms with E-state index in [0.29, 0.717) is 5.88 Å². The fourth-order valence-electron chi connectivity index (χ4n) is 3.28. The highest BCUT2D eigenvalue weighted by molar-refractivity contribution is 6.18. The largest absolute Gasteiger partial charge is 0.304 e. The summed E-state index contributed by atoms with van der Waals surface area (Å²) in [5.41, 5.74) is 2.48. The molecule has 0 aliphatic heterocycles. The number of hydrogen-bond donors (Lipinski definition) is 1. The molecule has 0 aromatic carbocycles. The van der Waals surface area contributed by atoms with Crippen LogP contribution in [0, 0.1) is 12.8 Å². The quantitative estimate of drug-likeness (QED) is 0.839. The number of nitrogens with zero attached hydrogens (tertiary/aromatic N) is 2. The third kappa shape index (κ3) is 3.51. The number of aromatic nitrogens is 2. The number of nitrogens with one attached hydrogen (secondary N) is 1. The second kappa shape index (κ2) is 6.27. The summed E-state index contributed by atoms with van der Waals surface area (Å²) in [5.74, 6) is 1.48. The van der Waals surface area contributed by atoms with Crippen LogP contribution in [-0.2, 0) is 13.1 Å². The highest BCUT2D eigenvalue weighted by Gasteiger charge is 2.33. The molecular weight excluding hydrogens is 258 g/mol. The number of halogens is 1. The van der Waals surface area contributed by atoms with E-state index in [9.17, 15) is 0 Å². The Morgan fingerprint density at radius 1 is 1.58 bits per heavy atom. The molecule has 1 aromatic rings. The van der Waals surface area contributed by atoms with Crippen LogP contribution in [-0.4, -0.2) is 21.2 Å². The van der Waals surface area contributed by atoms with E-state index in [1.807, 2.05) is 0 Å². The van der Waals surface area contributed by atoms with Gasteiger partial charge in [-0.2, -0.15) is 5.10 Å². The molecule has 19 heavy (non-hydrogen) atoms. The van der Waals surface area contributed by atoms with Crippen LogP contribution in [0.3, 0.4) is 0 Å². The lowest BCUT2D eigenvalue weighted by atomic mass is 9.77. The summed E-state index contributed by atoms with van der Waals surface area (Å²) in [4.78, 5) is 0. The lowest BCUT2D eigenvalue weighted by Gasteiger charge is -2.39. The number of alkyl halides is 1. The lowest BCUT2D eigenvalue weighted by Crippen LogP contribution is -2.49. The summed E-state index contributed by atoms with van der Waals surface area (Å²) in [7, 11) is 0. The van der Waals surface area contributed by atoms with Crippen molar-refractivity contribution >= 4 is 11.6 Å². The van der Waals surface area contributed by atoms with Gasteiger partial charge in [-0.1, -0.05) is 19.8 Å². The maximum absolute atomic E-state index is 6.26. The van der Waals surface area contributed by atoms with E-state index in [0.717, 1.165) is 24.7 Å². The molecule has 4 heteroatoms. The second-order valence-electron chi connectivity index (χ2n) is 6.06. The molecule has 0 saturated heterocycles. The van der Waals surface area contributed by atoms with E-state index >= 15 is 0 Å². The van der Waals surface area contributed by atoms with Crippen LogP contribution in [0.5, 0.6) is 0 Å². The van der Waals surface area contributed by atoms with Gasteiger partial charge in [0.15, 0.2) is 0 Å². The predicted molar refractivity (Wildman–Crippen MR) is 80.6 cm³/mol. The molecule has 2 unspecified atom stereocenters. The van der Waals surface area contributed by atoms with Gasteiger partial charge in [0.2, 0.25) is 0 Å². The first-order valence-electron chi connectivity index (χ1n) is 7.43. The topological polar surface area (TPSA) is 29.9 Å². The number of rotatable bonds is 5. The minimum atomic E-state index is 0.121. The smallest absolute Gasteiger partial charge is 0.0597 e. The molecular formula is C15H26ClN3. The molecule has 1 aromatic heterocycles. The van der Waals surface area contributed by atoms with E-state index < -0.39 is 0 Å². The maximum atomic E-state index is 6.26. The molecule has 1 saturated carbocycles. The highest BCUT2D eigenvalue weighted by atomic mass is 35.5. The molecule has 2 atom stereocenters. The Morgan fingerprint density at radius 3 is 3.00 bits per heavy atom. The first-order chi connectivity index (χ1) is 9.08. The molecule has 3 nitrogen and oxygen atoms in total. The van der Waals surface area contributed by atoms with Crippen LogP contribution < -0.4 is 5.32 Å². The Morgan fingerprint density at radius 2 is 2.37 bits per heavy atom. The monoisotopic (exact) mass is 283 g/mol. The van der Waals surface area contributed by atoms with Gasteiger partial charge in [-0.25, -0.2) is 0 Å². The van der Waals surface area contributed by atoms with Crippen molar-refractivity contribution in [3.8, 4) is 0 Å². The third-order valence-corrected chi connectivity index (χ3v) is 4.79. The summed E-state index contributed by atoms with van der Waals surface area (Å²) in [6, 6.07) is 2.17. The summed E-state index contributed by atoms with van der Waals surface area (Å²) >= 11 is 6.26. The van der Waals surface area contributed by atoms with Gasteiger partial charge >= 0.3 is 0 Å². The van der Waals surface area contributed by atoms with Crippen molar-refractivity contribution in [2.75, 3.05) is 5.88 Å². The fraction of sp³-hybridized carbons (Fsp3) is 0.800. The molecule has 1 fully saturated rings. The summed E-state index contributed by atoms with van der Waals surface area (Å²) in [5, 5.41) is 8.23. The summed E-state index contributed by atoms with van der Waals surface area (Å²) in [6.07, 6.45) is 5.01. The van der Waals surface area contributed by atoms with Crippen LogP contribution in [0.15, 0.2) is 6.07 Å². The Kier molecular flexibility index (Phi) is 4.91. The number of aryl methyl sites for hydroxylation is 2. The standard InChI is InChI=1S/C15H26ClN3/c1-4-19-14(8-13(3)18-19)10-17-15(11-16)7-5-6-12(2)9-15/h8,12,17H,4-7,9-11H2,1-3H3. The zero-order valence-corrected chi connectivity index (χ0v) is 13.1. The van der Waals surface area contributed by atoms with Gasteiger partial charge in [0, 0.05) is 24.5 Å². The van der Waals surface area contributed by atoms with Crippen molar-refractivity contribution in [3.63, 3.8) is 0 Å². The molecule has 0 amide bonds. The van der Waals surface area contributed by atoms with Gasteiger partial charge < -0.3 is 5.32 Å². The van der Waals surface area contributed by atoms with Gasteiger partial charge in [-0.05, 0) is 38.7 Å².